The van der Waals surface area contributed by atoms with E-state index in [0.717, 1.165) is 0 Å². The molecule has 0 saturated carbocycles. The molecule has 0 spiro atoms. The molecule has 108 valence electrons. The van der Waals surface area contributed by atoms with Crippen LogP contribution < -0.4 is 5.56 Å². The molecule has 2 rings (SSSR count). The first-order valence-corrected chi connectivity index (χ1v) is 6.97. The third kappa shape index (κ3) is 2.61. The Balaban J connectivity index is 2.68. The van der Waals surface area contributed by atoms with E-state index in [9.17, 15) is 9.90 Å². The first-order chi connectivity index (χ1) is 9.25. The molecule has 2 aromatic rings. The molecule has 1 aromatic heterocycles. The Morgan fingerprint density at radius 1 is 1.20 bits per heavy atom. The summed E-state index contributed by atoms with van der Waals surface area (Å²) in [6.07, 6.45) is -1.49. The molecule has 0 amide bonds. The van der Waals surface area contributed by atoms with Crippen molar-refractivity contribution >= 4 is 34.8 Å². The summed E-state index contributed by atoms with van der Waals surface area (Å²) in [5, 5.41) is 10.1. The van der Waals surface area contributed by atoms with Gasteiger partial charge in [-0.25, -0.2) is 4.68 Å². The number of hydrogen-bond donors (Lipinski definition) is 1. The van der Waals surface area contributed by atoms with Crippen molar-refractivity contribution in [1.29, 1.82) is 0 Å². The van der Waals surface area contributed by atoms with Crippen molar-refractivity contribution in [2.24, 2.45) is 7.05 Å². The molecular weight excluding hydrogens is 323 g/mol. The molecule has 0 fully saturated rings. The quantitative estimate of drug-likeness (QED) is 0.858. The van der Waals surface area contributed by atoms with E-state index in [4.69, 9.17) is 34.8 Å². The number of nitrogens with zero attached hydrogens (tertiary/aromatic N) is 2. The Morgan fingerprint density at radius 3 is 2.25 bits per heavy atom. The molecule has 4 nitrogen and oxygen atoms in total. The lowest BCUT2D eigenvalue weighted by Crippen LogP contribution is -2.26. The predicted molar refractivity (Wildman–Crippen MR) is 81.0 cm³/mol. The van der Waals surface area contributed by atoms with Gasteiger partial charge in [-0.05, 0) is 19.1 Å². The van der Waals surface area contributed by atoms with Crippen LogP contribution in [0, 0.1) is 6.92 Å². The average Bonchev–Trinajstić information content (AvgIpc) is 2.60. The zero-order chi connectivity index (χ0) is 15.1. The predicted octanol–water partition coefficient (Wildman–Crippen LogP) is 2.89. The summed E-state index contributed by atoms with van der Waals surface area (Å²) >= 11 is 17.1. The van der Waals surface area contributed by atoms with E-state index in [-0.39, 0.29) is 5.56 Å². The van der Waals surface area contributed by atoms with E-state index < -0.39 is 15.5 Å². The van der Waals surface area contributed by atoms with E-state index in [2.05, 4.69) is 0 Å². The van der Waals surface area contributed by atoms with E-state index in [1.165, 1.54) is 4.68 Å². The summed E-state index contributed by atoms with van der Waals surface area (Å²) < 4.78 is 1.08. The SMILES string of the molecule is Cc1c(C(O)C(Cl)(Cl)Cl)c(=O)n(-c2ccccc2)n1C. The van der Waals surface area contributed by atoms with Gasteiger partial charge in [-0.1, -0.05) is 53.0 Å². The van der Waals surface area contributed by atoms with Gasteiger partial charge >= 0.3 is 0 Å². The fourth-order valence-corrected chi connectivity index (χ4v) is 2.39. The van der Waals surface area contributed by atoms with Gasteiger partial charge in [0.1, 0.15) is 6.10 Å². The van der Waals surface area contributed by atoms with Gasteiger partial charge in [0.15, 0.2) is 0 Å². The van der Waals surface area contributed by atoms with Crippen LogP contribution >= 0.6 is 34.8 Å². The standard InChI is InChI=1S/C13H13Cl3N2O2/c1-8-10(11(19)13(14,15)16)12(20)18(17(8)2)9-6-4-3-5-7-9/h3-7,11,19H,1-2H3. The van der Waals surface area contributed by atoms with Crippen molar-refractivity contribution < 1.29 is 5.11 Å². The Hall–Kier alpha value is -0.940. The summed E-state index contributed by atoms with van der Waals surface area (Å²) in [5.74, 6) is 0. The molecule has 0 saturated heterocycles. The lowest BCUT2D eigenvalue weighted by molar-refractivity contribution is 0.180. The number of benzene rings is 1. The molecule has 7 heteroatoms. The fraction of sp³-hybridized carbons (Fsp3) is 0.308. The van der Waals surface area contributed by atoms with Gasteiger partial charge in [0, 0.05) is 12.7 Å². The number of halogens is 3. The van der Waals surface area contributed by atoms with Gasteiger partial charge in [-0.15, -0.1) is 0 Å². The minimum absolute atomic E-state index is 0.0800. The first kappa shape index (κ1) is 15.4. The number of hydrogen-bond acceptors (Lipinski definition) is 2. The Kier molecular flexibility index (Phi) is 4.21. The number of alkyl halides is 3. The number of aromatic nitrogens is 2. The van der Waals surface area contributed by atoms with E-state index in [1.807, 2.05) is 18.2 Å². The van der Waals surface area contributed by atoms with Crippen molar-refractivity contribution in [2.75, 3.05) is 0 Å². The fourth-order valence-electron chi connectivity index (χ4n) is 2.07. The molecule has 0 bridgehead atoms. The molecule has 20 heavy (non-hydrogen) atoms. The van der Waals surface area contributed by atoms with Gasteiger partial charge in [-0.3, -0.25) is 9.48 Å². The minimum Gasteiger partial charge on any atom is -0.384 e. The van der Waals surface area contributed by atoms with Crippen LogP contribution in [0.5, 0.6) is 0 Å². The monoisotopic (exact) mass is 334 g/mol. The second-order valence-electron chi connectivity index (χ2n) is 4.42. The minimum atomic E-state index is -1.96. The Morgan fingerprint density at radius 2 is 1.75 bits per heavy atom. The van der Waals surface area contributed by atoms with Crippen molar-refractivity contribution in [1.82, 2.24) is 9.36 Å². The van der Waals surface area contributed by atoms with Gasteiger partial charge in [-0.2, -0.15) is 0 Å². The largest absolute Gasteiger partial charge is 0.384 e. The van der Waals surface area contributed by atoms with Crippen LogP contribution in [0.2, 0.25) is 0 Å². The maximum atomic E-state index is 12.5. The van der Waals surface area contributed by atoms with E-state index >= 15 is 0 Å². The molecule has 1 heterocycles. The Bertz CT molecular complexity index is 671. The highest BCUT2D eigenvalue weighted by Gasteiger charge is 2.37. The molecule has 1 aromatic carbocycles. The topological polar surface area (TPSA) is 47.2 Å². The summed E-state index contributed by atoms with van der Waals surface area (Å²) in [6.45, 7) is 1.69. The molecule has 0 aliphatic rings. The second kappa shape index (κ2) is 5.45. The zero-order valence-corrected chi connectivity index (χ0v) is 13.1. The smallest absolute Gasteiger partial charge is 0.277 e. The van der Waals surface area contributed by atoms with Gasteiger partial charge in [0.2, 0.25) is 3.79 Å². The maximum absolute atomic E-state index is 12.5. The van der Waals surface area contributed by atoms with E-state index in [1.54, 1.807) is 30.8 Å². The summed E-state index contributed by atoms with van der Waals surface area (Å²) in [5.41, 5.74) is 0.884. The third-order valence-corrected chi connectivity index (χ3v) is 3.80. The Labute approximate surface area is 131 Å². The van der Waals surface area contributed by atoms with Crippen LogP contribution in [0.1, 0.15) is 17.4 Å². The van der Waals surface area contributed by atoms with Crippen LogP contribution in [-0.4, -0.2) is 18.3 Å². The molecule has 1 atom stereocenters. The maximum Gasteiger partial charge on any atom is 0.277 e. The zero-order valence-electron chi connectivity index (χ0n) is 10.8. The second-order valence-corrected chi connectivity index (χ2v) is 6.79. The molecule has 1 N–H and O–H groups in total. The van der Waals surface area contributed by atoms with Gasteiger partial charge < -0.3 is 5.11 Å². The lowest BCUT2D eigenvalue weighted by Gasteiger charge is -2.17. The normalized spacial score (nSPS) is 13.5. The molecular formula is C13H13Cl3N2O2. The molecule has 0 aliphatic carbocycles. The highest BCUT2D eigenvalue weighted by molar-refractivity contribution is 6.68. The number of aliphatic hydroxyl groups is 1. The highest BCUT2D eigenvalue weighted by atomic mass is 35.6. The summed E-state index contributed by atoms with van der Waals surface area (Å²) in [4.78, 5) is 12.5. The third-order valence-electron chi connectivity index (χ3n) is 3.18. The van der Waals surface area contributed by atoms with Crippen LogP contribution in [0.4, 0.5) is 0 Å². The van der Waals surface area contributed by atoms with Crippen LogP contribution in [-0.2, 0) is 7.05 Å². The number of aliphatic hydroxyl groups excluding tert-OH is 1. The van der Waals surface area contributed by atoms with E-state index in [0.29, 0.717) is 11.4 Å². The molecule has 1 unspecified atom stereocenters. The van der Waals surface area contributed by atoms with Crippen molar-refractivity contribution in [3.05, 3.63) is 51.9 Å². The van der Waals surface area contributed by atoms with Crippen LogP contribution in [0.25, 0.3) is 5.69 Å². The molecule has 0 aliphatic heterocycles. The van der Waals surface area contributed by atoms with Gasteiger partial charge in [0.25, 0.3) is 5.56 Å². The first-order valence-electron chi connectivity index (χ1n) is 5.84. The number of para-hydroxylation sites is 1. The number of rotatable bonds is 2. The van der Waals surface area contributed by atoms with Crippen LogP contribution in [0.15, 0.2) is 35.1 Å². The lowest BCUT2D eigenvalue weighted by atomic mass is 10.1. The van der Waals surface area contributed by atoms with Gasteiger partial charge in [0.05, 0.1) is 11.3 Å². The summed E-state index contributed by atoms with van der Waals surface area (Å²) in [7, 11) is 1.71. The highest BCUT2D eigenvalue weighted by Crippen LogP contribution is 2.39. The average molecular weight is 336 g/mol. The van der Waals surface area contributed by atoms with Crippen molar-refractivity contribution in [3.63, 3.8) is 0 Å². The van der Waals surface area contributed by atoms with Crippen LogP contribution in [0.3, 0.4) is 0 Å². The summed E-state index contributed by atoms with van der Waals surface area (Å²) in [6, 6.07) is 9.05. The van der Waals surface area contributed by atoms with Crippen molar-refractivity contribution in [3.8, 4) is 5.69 Å². The van der Waals surface area contributed by atoms with Crippen molar-refractivity contribution in [2.45, 2.75) is 16.8 Å². The molecule has 0 radical (unpaired) electrons.